The van der Waals surface area contributed by atoms with Gasteiger partial charge in [0.2, 0.25) is 10.0 Å². The number of benzene rings is 1. The number of nitrogens with one attached hydrogen (secondary N) is 1. The van der Waals surface area contributed by atoms with Crippen LogP contribution < -0.4 is 4.72 Å². The molecule has 0 aliphatic heterocycles. The fourth-order valence-corrected chi connectivity index (χ4v) is 2.87. The minimum absolute atomic E-state index is 0.548. The fraction of sp³-hybridized carbons (Fsp3) is 0.357. The van der Waals surface area contributed by atoms with Crippen molar-refractivity contribution in [2.75, 3.05) is 0 Å². The van der Waals surface area contributed by atoms with Gasteiger partial charge in [-0.2, -0.15) is 4.72 Å². The maximum Gasteiger partial charge on any atom is 0.322 e. The smallest absolute Gasteiger partial charge is 0.322 e. The zero-order chi connectivity index (χ0) is 16.3. The van der Waals surface area contributed by atoms with Gasteiger partial charge in [0.25, 0.3) is 0 Å². The second-order valence-electron chi connectivity index (χ2n) is 5.65. The number of sulfonamides is 1. The highest BCUT2D eigenvalue weighted by molar-refractivity contribution is 7.92. The van der Waals surface area contributed by atoms with E-state index in [2.05, 4.69) is 4.72 Å². The monoisotopic (exact) mass is 331 g/mol. The lowest BCUT2D eigenvalue weighted by molar-refractivity contribution is -0.141. The van der Waals surface area contributed by atoms with Crippen molar-refractivity contribution >= 4 is 33.7 Å². The predicted molar refractivity (Wildman–Crippen MR) is 83.4 cm³/mol. The predicted octanol–water partition coefficient (Wildman–Crippen LogP) is 2.73. The summed E-state index contributed by atoms with van der Waals surface area (Å²) < 4.78 is 26.1. The lowest BCUT2D eigenvalue weighted by Crippen LogP contribution is -2.48. The first kappa shape index (κ1) is 17.7. The molecule has 0 fully saturated rings. The molecule has 5 nitrogen and oxygen atoms in total. The van der Waals surface area contributed by atoms with E-state index in [0.717, 1.165) is 5.41 Å². The van der Waals surface area contributed by atoms with Crippen LogP contribution in [0.4, 0.5) is 0 Å². The highest BCUT2D eigenvalue weighted by Crippen LogP contribution is 2.20. The van der Waals surface area contributed by atoms with Crippen molar-refractivity contribution in [1.29, 1.82) is 0 Å². The molecule has 7 heteroatoms. The Bertz CT molecular complexity index is 630. The Hall–Kier alpha value is -1.37. The van der Waals surface area contributed by atoms with Gasteiger partial charge in [0, 0.05) is 10.4 Å². The van der Waals surface area contributed by atoms with Crippen molar-refractivity contribution in [3.05, 3.63) is 40.3 Å². The van der Waals surface area contributed by atoms with Gasteiger partial charge in [0.1, 0.15) is 6.04 Å². The molecule has 116 valence electrons. The van der Waals surface area contributed by atoms with Crippen molar-refractivity contribution in [3.8, 4) is 0 Å². The Morgan fingerprint density at radius 2 is 1.81 bits per heavy atom. The average Bonchev–Trinajstić information content (AvgIpc) is 2.34. The Balaban J connectivity index is 2.91. The van der Waals surface area contributed by atoms with Crippen LogP contribution in [-0.2, 0) is 14.8 Å². The lowest BCUT2D eigenvalue weighted by Gasteiger charge is -2.26. The van der Waals surface area contributed by atoms with Crippen molar-refractivity contribution in [2.24, 2.45) is 5.41 Å². The number of carboxylic acid groups (broad SMARTS) is 1. The molecule has 0 spiro atoms. The van der Waals surface area contributed by atoms with E-state index in [-0.39, 0.29) is 0 Å². The van der Waals surface area contributed by atoms with Crippen molar-refractivity contribution < 1.29 is 18.3 Å². The van der Waals surface area contributed by atoms with E-state index in [1.165, 1.54) is 6.08 Å². The quantitative estimate of drug-likeness (QED) is 0.869. The summed E-state index contributed by atoms with van der Waals surface area (Å²) in [6.45, 7) is 4.95. The minimum Gasteiger partial charge on any atom is -0.480 e. The summed E-state index contributed by atoms with van der Waals surface area (Å²) in [4.78, 5) is 11.2. The van der Waals surface area contributed by atoms with Gasteiger partial charge in [-0.25, -0.2) is 8.42 Å². The zero-order valence-electron chi connectivity index (χ0n) is 12.0. The zero-order valence-corrected chi connectivity index (χ0v) is 13.6. The molecular formula is C14H18ClNO4S. The molecule has 0 bridgehead atoms. The average molecular weight is 332 g/mol. The van der Waals surface area contributed by atoms with Gasteiger partial charge in [-0.3, -0.25) is 4.79 Å². The Morgan fingerprint density at radius 3 is 2.24 bits per heavy atom. The standard InChI is InChI=1S/C14H18ClNO4S/c1-14(2,3)12(13(17)18)16-21(19,20)9-8-10-4-6-11(15)7-5-10/h4-9,12,16H,1-3H3,(H,17,18)/b9-8+/t12-/m1/s1. The molecule has 0 unspecified atom stereocenters. The van der Waals surface area contributed by atoms with E-state index in [9.17, 15) is 13.2 Å². The van der Waals surface area contributed by atoms with Gasteiger partial charge >= 0.3 is 5.97 Å². The van der Waals surface area contributed by atoms with Gasteiger partial charge in [-0.1, -0.05) is 44.5 Å². The number of carbonyl (C=O) groups is 1. The van der Waals surface area contributed by atoms with E-state index < -0.39 is 27.4 Å². The molecule has 1 rings (SSSR count). The summed E-state index contributed by atoms with van der Waals surface area (Å²) in [6.07, 6.45) is 1.38. The molecular weight excluding hydrogens is 314 g/mol. The molecule has 0 saturated heterocycles. The molecule has 0 heterocycles. The number of halogens is 1. The maximum atomic E-state index is 11.9. The van der Waals surface area contributed by atoms with Crippen LogP contribution in [0.2, 0.25) is 5.02 Å². The van der Waals surface area contributed by atoms with Crippen LogP contribution in [0.1, 0.15) is 26.3 Å². The number of hydrogen-bond acceptors (Lipinski definition) is 3. The molecule has 0 radical (unpaired) electrons. The third-order valence-corrected chi connectivity index (χ3v) is 4.02. The molecule has 21 heavy (non-hydrogen) atoms. The molecule has 0 aliphatic carbocycles. The first-order valence-corrected chi connectivity index (χ1v) is 8.12. The first-order chi connectivity index (χ1) is 9.51. The molecule has 0 amide bonds. The van der Waals surface area contributed by atoms with Crippen molar-refractivity contribution in [2.45, 2.75) is 26.8 Å². The lowest BCUT2D eigenvalue weighted by atomic mass is 9.88. The van der Waals surface area contributed by atoms with Gasteiger partial charge in [-0.05, 0) is 29.2 Å². The topological polar surface area (TPSA) is 83.5 Å². The Morgan fingerprint density at radius 1 is 1.29 bits per heavy atom. The Labute approximate surface area is 129 Å². The van der Waals surface area contributed by atoms with E-state index >= 15 is 0 Å². The molecule has 0 aromatic heterocycles. The van der Waals surface area contributed by atoms with Crippen LogP contribution in [0.3, 0.4) is 0 Å². The van der Waals surface area contributed by atoms with Crippen molar-refractivity contribution in [3.63, 3.8) is 0 Å². The minimum atomic E-state index is -3.86. The number of hydrogen-bond donors (Lipinski definition) is 2. The molecule has 0 aliphatic rings. The van der Waals surface area contributed by atoms with Gasteiger partial charge in [-0.15, -0.1) is 0 Å². The number of rotatable bonds is 5. The second kappa shape index (κ2) is 6.60. The summed E-state index contributed by atoms with van der Waals surface area (Å²) in [5, 5.41) is 10.6. The van der Waals surface area contributed by atoms with Crippen LogP contribution in [0.15, 0.2) is 29.7 Å². The van der Waals surface area contributed by atoms with Gasteiger partial charge in [0.05, 0.1) is 0 Å². The van der Waals surface area contributed by atoms with Crippen LogP contribution in [0.25, 0.3) is 6.08 Å². The van der Waals surface area contributed by atoms with Gasteiger partial charge < -0.3 is 5.11 Å². The van der Waals surface area contributed by atoms with E-state index in [4.69, 9.17) is 16.7 Å². The van der Waals surface area contributed by atoms with Crippen LogP contribution in [0.5, 0.6) is 0 Å². The summed E-state index contributed by atoms with van der Waals surface area (Å²) in [5.74, 6) is -1.22. The fourth-order valence-electron chi connectivity index (χ4n) is 1.54. The van der Waals surface area contributed by atoms with E-state index in [1.54, 1.807) is 45.0 Å². The molecule has 0 saturated carbocycles. The summed E-state index contributed by atoms with van der Waals surface area (Å²) in [5.41, 5.74) is -0.0973. The Kier molecular flexibility index (Phi) is 5.55. The summed E-state index contributed by atoms with van der Waals surface area (Å²) in [6, 6.07) is 5.38. The van der Waals surface area contributed by atoms with Crippen molar-refractivity contribution in [1.82, 2.24) is 4.72 Å². The molecule has 2 N–H and O–H groups in total. The van der Waals surface area contributed by atoms with Gasteiger partial charge in [0.15, 0.2) is 0 Å². The molecule has 1 aromatic rings. The number of carboxylic acids is 1. The second-order valence-corrected chi connectivity index (χ2v) is 7.69. The molecule has 1 atom stereocenters. The highest BCUT2D eigenvalue weighted by Gasteiger charge is 2.33. The first-order valence-electron chi connectivity index (χ1n) is 6.20. The highest BCUT2D eigenvalue weighted by atomic mass is 35.5. The van der Waals surface area contributed by atoms with Crippen LogP contribution >= 0.6 is 11.6 Å². The van der Waals surface area contributed by atoms with Crippen LogP contribution in [-0.4, -0.2) is 25.5 Å². The van der Waals surface area contributed by atoms with E-state index in [1.807, 2.05) is 0 Å². The SMILES string of the molecule is CC(C)(C)[C@H](NS(=O)(=O)/C=C/c1ccc(Cl)cc1)C(=O)O. The third kappa shape index (κ3) is 5.87. The largest absolute Gasteiger partial charge is 0.480 e. The third-order valence-electron chi connectivity index (χ3n) is 2.70. The summed E-state index contributed by atoms with van der Waals surface area (Å²) >= 11 is 5.74. The normalized spacial score (nSPS) is 14.3. The number of aliphatic carboxylic acids is 1. The summed E-state index contributed by atoms with van der Waals surface area (Å²) in [7, 11) is -3.86. The van der Waals surface area contributed by atoms with E-state index in [0.29, 0.717) is 10.6 Å². The maximum absolute atomic E-state index is 11.9. The van der Waals surface area contributed by atoms with Crippen LogP contribution in [0, 0.1) is 5.41 Å². The molecule has 1 aromatic carbocycles.